The summed E-state index contributed by atoms with van der Waals surface area (Å²) < 4.78 is 0. The Kier molecular flexibility index (Phi) is 7.29. The standard InChI is InChI=1S/C11H24N2O3/c1-3-11(4-2,9-12)10(16)13(5-7-14)6-8-15/h14-15H,3-9,12H2,1-2H3. The number of hydrogen-bond donors (Lipinski definition) is 3. The van der Waals surface area contributed by atoms with E-state index in [9.17, 15) is 4.79 Å². The number of nitrogens with zero attached hydrogens (tertiary/aromatic N) is 1. The van der Waals surface area contributed by atoms with Gasteiger partial charge in [-0.2, -0.15) is 0 Å². The fourth-order valence-electron chi connectivity index (χ4n) is 1.82. The molecule has 0 aromatic heterocycles. The third-order valence-corrected chi connectivity index (χ3v) is 3.23. The van der Waals surface area contributed by atoms with E-state index < -0.39 is 5.41 Å². The lowest BCUT2D eigenvalue weighted by atomic mass is 9.81. The third kappa shape index (κ3) is 3.43. The molecule has 0 spiro atoms. The van der Waals surface area contributed by atoms with Crippen LogP contribution >= 0.6 is 0 Å². The van der Waals surface area contributed by atoms with Crippen LogP contribution in [0, 0.1) is 5.41 Å². The molecule has 0 radical (unpaired) electrons. The molecule has 0 rings (SSSR count). The Labute approximate surface area is 97.2 Å². The van der Waals surface area contributed by atoms with E-state index in [2.05, 4.69) is 0 Å². The van der Waals surface area contributed by atoms with Crippen molar-refractivity contribution >= 4 is 5.91 Å². The first kappa shape index (κ1) is 15.3. The molecule has 0 saturated heterocycles. The van der Waals surface area contributed by atoms with Gasteiger partial charge in [-0.3, -0.25) is 4.79 Å². The van der Waals surface area contributed by atoms with Crippen LogP contribution in [0.1, 0.15) is 26.7 Å². The molecule has 96 valence electrons. The van der Waals surface area contributed by atoms with E-state index in [-0.39, 0.29) is 32.2 Å². The molecule has 0 aliphatic carbocycles. The molecule has 0 bridgehead atoms. The molecule has 0 aromatic carbocycles. The van der Waals surface area contributed by atoms with E-state index in [1.54, 1.807) is 0 Å². The van der Waals surface area contributed by atoms with Gasteiger partial charge in [-0.1, -0.05) is 13.8 Å². The molecule has 0 atom stereocenters. The summed E-state index contributed by atoms with van der Waals surface area (Å²) in [5, 5.41) is 17.8. The highest BCUT2D eigenvalue weighted by molar-refractivity contribution is 5.83. The van der Waals surface area contributed by atoms with Crippen LogP contribution in [0.5, 0.6) is 0 Å². The lowest BCUT2D eigenvalue weighted by Gasteiger charge is -2.34. The topological polar surface area (TPSA) is 86.8 Å². The van der Waals surface area contributed by atoms with Gasteiger partial charge in [0.05, 0.1) is 18.6 Å². The fourth-order valence-corrected chi connectivity index (χ4v) is 1.82. The molecular weight excluding hydrogens is 208 g/mol. The summed E-state index contributed by atoms with van der Waals surface area (Å²) in [5.74, 6) is -0.0666. The van der Waals surface area contributed by atoms with Gasteiger partial charge in [-0.15, -0.1) is 0 Å². The van der Waals surface area contributed by atoms with Crippen LogP contribution in [0.4, 0.5) is 0 Å². The quantitative estimate of drug-likeness (QED) is 0.530. The van der Waals surface area contributed by atoms with Crippen LogP contribution in [0.25, 0.3) is 0 Å². The molecule has 16 heavy (non-hydrogen) atoms. The number of nitrogens with two attached hydrogens (primary N) is 1. The van der Waals surface area contributed by atoms with Crippen molar-refractivity contribution in [3.8, 4) is 0 Å². The molecule has 0 aliphatic heterocycles. The van der Waals surface area contributed by atoms with Crippen molar-refractivity contribution in [1.82, 2.24) is 4.90 Å². The summed E-state index contributed by atoms with van der Waals surface area (Å²) in [7, 11) is 0. The van der Waals surface area contributed by atoms with E-state index >= 15 is 0 Å². The molecule has 0 aromatic rings. The van der Waals surface area contributed by atoms with Crippen LogP contribution in [-0.4, -0.2) is 53.9 Å². The van der Waals surface area contributed by atoms with Gasteiger partial charge in [0, 0.05) is 19.6 Å². The van der Waals surface area contributed by atoms with E-state index in [4.69, 9.17) is 15.9 Å². The van der Waals surface area contributed by atoms with E-state index in [1.807, 2.05) is 13.8 Å². The van der Waals surface area contributed by atoms with E-state index in [0.29, 0.717) is 19.4 Å². The maximum Gasteiger partial charge on any atom is 0.230 e. The third-order valence-electron chi connectivity index (χ3n) is 3.23. The Balaban J connectivity index is 4.78. The molecule has 0 saturated carbocycles. The van der Waals surface area contributed by atoms with Crippen molar-refractivity contribution in [2.45, 2.75) is 26.7 Å². The van der Waals surface area contributed by atoms with Crippen molar-refractivity contribution in [3.05, 3.63) is 0 Å². The molecule has 0 heterocycles. The predicted molar refractivity (Wildman–Crippen MR) is 62.8 cm³/mol. The molecule has 0 fully saturated rings. The lowest BCUT2D eigenvalue weighted by Crippen LogP contribution is -2.49. The lowest BCUT2D eigenvalue weighted by molar-refractivity contribution is -0.143. The summed E-state index contributed by atoms with van der Waals surface area (Å²) in [6.07, 6.45) is 1.35. The summed E-state index contributed by atoms with van der Waals surface area (Å²) in [5.41, 5.74) is 5.14. The number of rotatable bonds is 8. The second kappa shape index (κ2) is 7.60. The highest BCUT2D eigenvalue weighted by Crippen LogP contribution is 2.27. The highest BCUT2D eigenvalue weighted by Gasteiger charge is 2.36. The molecule has 5 nitrogen and oxygen atoms in total. The van der Waals surface area contributed by atoms with Crippen LogP contribution in [0.3, 0.4) is 0 Å². The van der Waals surface area contributed by atoms with E-state index in [1.165, 1.54) is 4.90 Å². The van der Waals surface area contributed by atoms with Crippen molar-refractivity contribution in [3.63, 3.8) is 0 Å². The maximum absolute atomic E-state index is 12.3. The number of carbonyl (C=O) groups is 1. The second-order valence-electron chi connectivity index (χ2n) is 3.93. The van der Waals surface area contributed by atoms with Crippen LogP contribution < -0.4 is 5.73 Å². The largest absolute Gasteiger partial charge is 0.395 e. The number of hydrogen-bond acceptors (Lipinski definition) is 4. The van der Waals surface area contributed by atoms with Crippen molar-refractivity contribution in [2.24, 2.45) is 11.1 Å². The van der Waals surface area contributed by atoms with Gasteiger partial charge in [-0.05, 0) is 12.8 Å². The summed E-state index contributed by atoms with van der Waals surface area (Å²) >= 11 is 0. The van der Waals surface area contributed by atoms with Gasteiger partial charge in [0.25, 0.3) is 0 Å². The Morgan fingerprint density at radius 3 is 1.88 bits per heavy atom. The average Bonchev–Trinajstić information content (AvgIpc) is 2.31. The zero-order valence-corrected chi connectivity index (χ0v) is 10.3. The summed E-state index contributed by atoms with van der Waals surface area (Å²) in [6.45, 7) is 4.47. The van der Waals surface area contributed by atoms with Crippen LogP contribution in [0.15, 0.2) is 0 Å². The van der Waals surface area contributed by atoms with Crippen molar-refractivity contribution < 1.29 is 15.0 Å². The van der Waals surface area contributed by atoms with E-state index in [0.717, 1.165) is 0 Å². The van der Waals surface area contributed by atoms with Crippen LogP contribution in [-0.2, 0) is 4.79 Å². The zero-order valence-electron chi connectivity index (χ0n) is 10.3. The van der Waals surface area contributed by atoms with Crippen molar-refractivity contribution in [1.29, 1.82) is 0 Å². The molecule has 5 heteroatoms. The van der Waals surface area contributed by atoms with Gasteiger partial charge in [-0.25, -0.2) is 0 Å². The molecule has 1 amide bonds. The minimum Gasteiger partial charge on any atom is -0.395 e. The average molecular weight is 232 g/mol. The molecule has 0 aliphatic rings. The predicted octanol–water partition coefficient (Wildman–Crippen LogP) is -0.435. The fraction of sp³-hybridized carbons (Fsp3) is 0.909. The smallest absolute Gasteiger partial charge is 0.230 e. The Bertz CT molecular complexity index is 191. The summed E-state index contributed by atoms with van der Waals surface area (Å²) in [4.78, 5) is 13.7. The Morgan fingerprint density at radius 1 is 1.19 bits per heavy atom. The Hall–Kier alpha value is -0.650. The maximum atomic E-state index is 12.3. The first-order valence-corrected chi connectivity index (χ1v) is 5.83. The molecule has 4 N–H and O–H groups in total. The molecule has 0 unspecified atom stereocenters. The number of aliphatic hydroxyl groups is 2. The Morgan fingerprint density at radius 2 is 1.62 bits per heavy atom. The van der Waals surface area contributed by atoms with Gasteiger partial charge in [0.1, 0.15) is 0 Å². The zero-order chi connectivity index (χ0) is 12.6. The van der Waals surface area contributed by atoms with Gasteiger partial charge >= 0.3 is 0 Å². The molecular formula is C11H24N2O3. The highest BCUT2D eigenvalue weighted by atomic mass is 16.3. The normalized spacial score (nSPS) is 11.6. The van der Waals surface area contributed by atoms with Gasteiger partial charge in [0.15, 0.2) is 0 Å². The monoisotopic (exact) mass is 232 g/mol. The van der Waals surface area contributed by atoms with Crippen molar-refractivity contribution in [2.75, 3.05) is 32.8 Å². The SMILES string of the molecule is CCC(CC)(CN)C(=O)N(CCO)CCO. The minimum atomic E-state index is -0.551. The number of amides is 1. The first-order valence-electron chi connectivity index (χ1n) is 5.83. The first-order chi connectivity index (χ1) is 7.61. The summed E-state index contributed by atoms with van der Waals surface area (Å²) in [6, 6.07) is 0. The van der Waals surface area contributed by atoms with Gasteiger partial charge < -0.3 is 20.8 Å². The second-order valence-corrected chi connectivity index (χ2v) is 3.93. The number of carbonyl (C=O) groups excluding carboxylic acids is 1. The minimum absolute atomic E-state index is 0.0666. The van der Waals surface area contributed by atoms with Crippen LogP contribution in [0.2, 0.25) is 0 Å². The van der Waals surface area contributed by atoms with Gasteiger partial charge in [0.2, 0.25) is 5.91 Å². The number of aliphatic hydroxyl groups excluding tert-OH is 2.